The predicted molar refractivity (Wildman–Crippen MR) is 145 cm³/mol. The van der Waals surface area contributed by atoms with Crippen LogP contribution in [0.3, 0.4) is 0 Å². The van der Waals surface area contributed by atoms with Gasteiger partial charge in [0, 0.05) is 30.7 Å². The standard InChI is InChI=1S/C28H24F3N5O6S/c1-16-23(33-2)24(21-8-7-17(15-32)13-22(21)43(3,41)42)36(26(39)34-11-9-18(10-12-34)25(37)38)27(40)35(16)20-6-4-5-19(14-20)28(29,30)31/h4-8,13-14,18,24H,9-12H2,1,3H3,(H,37,38)/t24-/m1/s1. The fraction of sp³-hybridized carbons (Fsp3) is 0.321. The van der Waals surface area contributed by atoms with E-state index in [4.69, 9.17) is 6.57 Å². The number of likely N-dealkylation sites (tertiary alicyclic amines) is 1. The van der Waals surface area contributed by atoms with Crippen molar-refractivity contribution < 1.29 is 41.1 Å². The number of rotatable bonds is 4. The third-order valence-electron chi connectivity index (χ3n) is 7.33. The number of imide groups is 1. The zero-order valence-electron chi connectivity index (χ0n) is 22.8. The highest BCUT2D eigenvalue weighted by molar-refractivity contribution is 7.90. The Labute approximate surface area is 244 Å². The lowest BCUT2D eigenvalue weighted by Gasteiger charge is -2.43. The summed E-state index contributed by atoms with van der Waals surface area (Å²) in [5.41, 5.74) is -2.05. The second-order valence-electron chi connectivity index (χ2n) is 10.0. The Morgan fingerprint density at radius 2 is 1.79 bits per heavy atom. The molecule has 2 aromatic carbocycles. The molecule has 224 valence electrons. The van der Waals surface area contributed by atoms with Gasteiger partial charge in [-0.1, -0.05) is 12.1 Å². The first-order valence-corrected chi connectivity index (χ1v) is 14.6. The molecule has 11 nitrogen and oxygen atoms in total. The van der Waals surface area contributed by atoms with Crippen LogP contribution in [0.2, 0.25) is 0 Å². The summed E-state index contributed by atoms with van der Waals surface area (Å²) in [5.74, 6) is -1.80. The van der Waals surface area contributed by atoms with E-state index < -0.39 is 56.5 Å². The van der Waals surface area contributed by atoms with Crippen molar-refractivity contribution in [2.45, 2.75) is 36.9 Å². The van der Waals surface area contributed by atoms with Gasteiger partial charge in [-0.05, 0) is 55.7 Å². The maximum Gasteiger partial charge on any atom is 0.416 e. The van der Waals surface area contributed by atoms with Crippen LogP contribution in [-0.2, 0) is 20.8 Å². The van der Waals surface area contributed by atoms with Crippen molar-refractivity contribution in [3.8, 4) is 6.07 Å². The number of anilines is 1. The number of sulfone groups is 1. The topological polar surface area (TPSA) is 143 Å². The molecule has 1 fully saturated rings. The first kappa shape index (κ1) is 31.1. The number of nitrogens with zero attached hydrogens (tertiary/aromatic N) is 5. The van der Waals surface area contributed by atoms with Crippen LogP contribution in [0.5, 0.6) is 0 Å². The quantitative estimate of drug-likeness (QED) is 0.475. The molecule has 1 atom stereocenters. The first-order chi connectivity index (χ1) is 20.1. The van der Waals surface area contributed by atoms with Gasteiger partial charge in [-0.25, -0.2) is 27.8 Å². The lowest BCUT2D eigenvalue weighted by Crippen LogP contribution is -2.57. The summed E-state index contributed by atoms with van der Waals surface area (Å²) in [4.78, 5) is 45.3. The van der Waals surface area contributed by atoms with E-state index in [1.54, 1.807) is 0 Å². The highest BCUT2D eigenvalue weighted by atomic mass is 32.2. The zero-order valence-corrected chi connectivity index (χ0v) is 23.6. The number of carboxylic acid groups (broad SMARTS) is 1. The molecule has 0 radical (unpaired) electrons. The van der Waals surface area contributed by atoms with Gasteiger partial charge in [-0.3, -0.25) is 9.69 Å². The lowest BCUT2D eigenvalue weighted by molar-refractivity contribution is -0.143. The van der Waals surface area contributed by atoms with E-state index in [9.17, 15) is 46.3 Å². The average Bonchev–Trinajstić information content (AvgIpc) is 2.95. The molecular formula is C28H24F3N5O6S. The second-order valence-corrected chi connectivity index (χ2v) is 12.0. The fourth-order valence-electron chi connectivity index (χ4n) is 5.16. The van der Waals surface area contributed by atoms with Crippen LogP contribution in [-0.4, -0.2) is 60.7 Å². The number of urea groups is 2. The largest absolute Gasteiger partial charge is 0.481 e. The Bertz CT molecular complexity index is 1730. The molecule has 0 bridgehead atoms. The molecule has 1 N–H and O–H groups in total. The highest BCUT2D eigenvalue weighted by Crippen LogP contribution is 2.43. The monoisotopic (exact) mass is 615 g/mol. The van der Waals surface area contributed by atoms with Crippen LogP contribution in [0.1, 0.15) is 42.5 Å². The van der Waals surface area contributed by atoms with E-state index in [-0.39, 0.29) is 54.1 Å². The Balaban J connectivity index is 1.96. The number of nitriles is 1. The van der Waals surface area contributed by atoms with Crippen molar-refractivity contribution in [1.82, 2.24) is 9.80 Å². The molecule has 1 saturated heterocycles. The number of piperidine rings is 1. The van der Waals surface area contributed by atoms with E-state index in [1.165, 1.54) is 30.0 Å². The van der Waals surface area contributed by atoms with E-state index in [1.807, 2.05) is 6.07 Å². The summed E-state index contributed by atoms with van der Waals surface area (Å²) in [6.07, 6.45) is -3.81. The minimum absolute atomic E-state index is 0.0458. The van der Waals surface area contributed by atoms with Crippen molar-refractivity contribution in [3.05, 3.63) is 82.0 Å². The van der Waals surface area contributed by atoms with Gasteiger partial charge in [-0.2, -0.15) is 18.4 Å². The van der Waals surface area contributed by atoms with Crippen LogP contribution in [0, 0.1) is 23.8 Å². The number of hydrogen-bond donors (Lipinski definition) is 1. The molecule has 43 heavy (non-hydrogen) atoms. The molecule has 15 heteroatoms. The molecule has 2 aliphatic heterocycles. The number of hydrogen-bond acceptors (Lipinski definition) is 6. The normalized spacial score (nSPS) is 18.3. The third kappa shape index (κ3) is 5.89. The van der Waals surface area contributed by atoms with Crippen molar-refractivity contribution >= 4 is 33.6 Å². The van der Waals surface area contributed by atoms with Crippen LogP contribution < -0.4 is 4.90 Å². The summed E-state index contributed by atoms with van der Waals surface area (Å²) >= 11 is 0. The number of carboxylic acids is 1. The van der Waals surface area contributed by atoms with Gasteiger partial charge < -0.3 is 10.0 Å². The van der Waals surface area contributed by atoms with Crippen molar-refractivity contribution in [2.75, 3.05) is 24.2 Å². The Kier molecular flexibility index (Phi) is 8.24. The minimum atomic E-state index is -4.77. The van der Waals surface area contributed by atoms with Crippen LogP contribution in [0.4, 0.5) is 28.4 Å². The van der Waals surface area contributed by atoms with Crippen molar-refractivity contribution in [2.24, 2.45) is 5.92 Å². The number of benzene rings is 2. The third-order valence-corrected chi connectivity index (χ3v) is 8.48. The van der Waals surface area contributed by atoms with E-state index in [2.05, 4.69) is 4.85 Å². The molecule has 0 aromatic heterocycles. The molecule has 0 aliphatic carbocycles. The number of halogens is 3. The lowest BCUT2D eigenvalue weighted by atomic mass is 9.95. The number of carbonyl (C=O) groups excluding carboxylic acids is 2. The number of amides is 4. The van der Waals surface area contributed by atoms with Gasteiger partial charge in [0.1, 0.15) is 6.04 Å². The van der Waals surface area contributed by atoms with Gasteiger partial charge in [0.2, 0.25) is 5.70 Å². The minimum Gasteiger partial charge on any atom is -0.481 e. The zero-order chi connectivity index (χ0) is 31.9. The molecule has 4 rings (SSSR count). The summed E-state index contributed by atoms with van der Waals surface area (Å²) in [5, 5.41) is 18.7. The van der Waals surface area contributed by atoms with Gasteiger partial charge in [0.15, 0.2) is 9.84 Å². The van der Waals surface area contributed by atoms with Gasteiger partial charge in [0.25, 0.3) is 0 Å². The second kappa shape index (κ2) is 11.4. The van der Waals surface area contributed by atoms with Gasteiger partial charge >= 0.3 is 24.2 Å². The molecule has 2 aromatic rings. The summed E-state index contributed by atoms with van der Waals surface area (Å²) in [6.45, 7) is 9.08. The Morgan fingerprint density at radius 1 is 1.14 bits per heavy atom. The average molecular weight is 616 g/mol. The summed E-state index contributed by atoms with van der Waals surface area (Å²) < 4.78 is 66.3. The summed E-state index contributed by atoms with van der Waals surface area (Å²) in [6, 6.07) is 5.30. The smallest absolute Gasteiger partial charge is 0.416 e. The van der Waals surface area contributed by atoms with Gasteiger partial charge in [-0.15, -0.1) is 0 Å². The molecular weight excluding hydrogens is 591 g/mol. The van der Waals surface area contributed by atoms with Crippen molar-refractivity contribution in [1.29, 1.82) is 5.26 Å². The van der Waals surface area contributed by atoms with Crippen LogP contribution in [0.25, 0.3) is 4.85 Å². The molecule has 0 saturated carbocycles. The van der Waals surface area contributed by atoms with Crippen LogP contribution in [0.15, 0.2) is 58.8 Å². The first-order valence-electron chi connectivity index (χ1n) is 12.7. The highest BCUT2D eigenvalue weighted by Gasteiger charge is 2.47. The molecule has 0 spiro atoms. The van der Waals surface area contributed by atoms with Crippen LogP contribution >= 0.6 is 0 Å². The number of alkyl halides is 3. The van der Waals surface area contributed by atoms with E-state index >= 15 is 0 Å². The molecule has 2 heterocycles. The Morgan fingerprint density at radius 3 is 2.33 bits per heavy atom. The van der Waals surface area contributed by atoms with Gasteiger partial charge in [0.05, 0.1) is 34.6 Å². The maximum absolute atomic E-state index is 14.2. The molecule has 0 unspecified atom stereocenters. The van der Waals surface area contributed by atoms with Crippen molar-refractivity contribution in [3.63, 3.8) is 0 Å². The molecule has 4 amide bonds. The number of aliphatic carboxylic acids is 1. The van der Waals surface area contributed by atoms with E-state index in [0.717, 1.165) is 29.4 Å². The summed E-state index contributed by atoms with van der Waals surface area (Å²) in [7, 11) is -4.10. The van der Waals surface area contributed by atoms with E-state index in [0.29, 0.717) is 11.0 Å². The Hall–Kier alpha value is -4.89. The fourth-order valence-corrected chi connectivity index (χ4v) is 6.11. The SMILES string of the molecule is [C-]#[N+]C1=C(C)N(c2cccc(C(F)(F)F)c2)C(=O)N(C(=O)N2CCC(C(=O)O)CC2)[C@@H]1c1ccc(C#N)cc1S(C)(=O)=O. The number of allylic oxidation sites excluding steroid dienone is 1. The predicted octanol–water partition coefficient (Wildman–Crippen LogP) is 5.03. The maximum atomic E-state index is 14.2. The molecule has 2 aliphatic rings. The number of carbonyl (C=O) groups is 3.